The second-order valence-corrected chi connectivity index (χ2v) is 6.42. The number of nitrogens with two attached hydrogens (primary N) is 1. The fraction of sp³-hybridized carbons (Fsp3) is 0.562. The monoisotopic (exact) mass is 376 g/mol. The lowest BCUT2D eigenvalue weighted by atomic mass is 9.96. The molecule has 0 fully saturated rings. The van der Waals surface area contributed by atoms with Crippen LogP contribution in [-0.2, 0) is 11.2 Å². The molecule has 120 valence electrons. The highest BCUT2D eigenvalue weighted by molar-refractivity contribution is 9.10. The Bertz CT molecular complexity index is 440. The number of rotatable bonds is 7. The number of carbonyl (C=O) groups is 1. The summed E-state index contributed by atoms with van der Waals surface area (Å²) in [6.45, 7) is 6.60. The van der Waals surface area contributed by atoms with E-state index in [1.54, 1.807) is 0 Å². The molecule has 0 aliphatic heterocycles. The minimum Gasteiger partial charge on any atom is -0.356 e. The summed E-state index contributed by atoms with van der Waals surface area (Å²) in [5.41, 5.74) is 7.04. The van der Waals surface area contributed by atoms with Gasteiger partial charge in [-0.05, 0) is 37.0 Å². The standard InChI is InChI=1S/C16H25BrN2O.ClH/c1-4-13(8-14-6-5-7-15(17)9-14)10-19-16(20)11(2)12(3)18;/h5-7,9,11-13H,4,8,10,18H2,1-3H3,(H,19,20);1H. The van der Waals surface area contributed by atoms with Crippen molar-refractivity contribution in [1.82, 2.24) is 5.32 Å². The van der Waals surface area contributed by atoms with Crippen LogP contribution >= 0.6 is 28.3 Å². The van der Waals surface area contributed by atoms with Crippen molar-refractivity contribution in [3.8, 4) is 0 Å². The van der Waals surface area contributed by atoms with Crippen LogP contribution in [0.1, 0.15) is 32.8 Å². The first-order valence-corrected chi connectivity index (χ1v) is 8.01. The Morgan fingerprint density at radius 3 is 2.57 bits per heavy atom. The molecule has 0 radical (unpaired) electrons. The third-order valence-corrected chi connectivity index (χ3v) is 4.25. The van der Waals surface area contributed by atoms with Crippen molar-refractivity contribution in [1.29, 1.82) is 0 Å². The van der Waals surface area contributed by atoms with E-state index < -0.39 is 0 Å². The van der Waals surface area contributed by atoms with Crippen LogP contribution in [0.5, 0.6) is 0 Å². The van der Waals surface area contributed by atoms with E-state index >= 15 is 0 Å². The van der Waals surface area contributed by atoms with Crippen LogP contribution in [0.25, 0.3) is 0 Å². The molecule has 0 saturated heterocycles. The molecule has 0 bridgehead atoms. The molecule has 1 amide bonds. The van der Waals surface area contributed by atoms with Crippen LogP contribution in [0.2, 0.25) is 0 Å². The van der Waals surface area contributed by atoms with E-state index in [9.17, 15) is 4.79 Å². The molecule has 0 aliphatic carbocycles. The Morgan fingerprint density at radius 1 is 1.38 bits per heavy atom. The van der Waals surface area contributed by atoms with E-state index in [2.05, 4.69) is 40.3 Å². The largest absolute Gasteiger partial charge is 0.356 e. The molecule has 21 heavy (non-hydrogen) atoms. The minimum atomic E-state index is -0.140. The fourth-order valence-electron chi connectivity index (χ4n) is 2.00. The highest BCUT2D eigenvalue weighted by atomic mass is 79.9. The third kappa shape index (κ3) is 7.30. The lowest BCUT2D eigenvalue weighted by molar-refractivity contribution is -0.125. The summed E-state index contributed by atoms with van der Waals surface area (Å²) in [7, 11) is 0. The van der Waals surface area contributed by atoms with Gasteiger partial charge in [0, 0.05) is 23.0 Å². The smallest absolute Gasteiger partial charge is 0.224 e. The molecule has 1 aromatic carbocycles. The lowest BCUT2D eigenvalue weighted by Crippen LogP contribution is -2.40. The first-order valence-electron chi connectivity index (χ1n) is 7.21. The van der Waals surface area contributed by atoms with Gasteiger partial charge < -0.3 is 11.1 Å². The molecule has 5 heteroatoms. The Hall–Kier alpha value is -0.580. The average Bonchev–Trinajstić information content (AvgIpc) is 2.42. The molecule has 3 N–H and O–H groups in total. The number of carbonyl (C=O) groups excluding carboxylic acids is 1. The summed E-state index contributed by atoms with van der Waals surface area (Å²) < 4.78 is 1.10. The molecule has 0 saturated carbocycles. The van der Waals surface area contributed by atoms with Gasteiger partial charge in [0.1, 0.15) is 0 Å². The summed E-state index contributed by atoms with van der Waals surface area (Å²) in [4.78, 5) is 11.9. The van der Waals surface area contributed by atoms with E-state index in [-0.39, 0.29) is 30.3 Å². The van der Waals surface area contributed by atoms with Gasteiger partial charge in [-0.15, -0.1) is 12.4 Å². The summed E-state index contributed by atoms with van der Waals surface area (Å²) in [6, 6.07) is 8.22. The van der Waals surface area contributed by atoms with Crippen molar-refractivity contribution in [3.63, 3.8) is 0 Å². The highest BCUT2D eigenvalue weighted by Gasteiger charge is 2.18. The van der Waals surface area contributed by atoms with Gasteiger partial charge in [-0.2, -0.15) is 0 Å². The number of amides is 1. The summed E-state index contributed by atoms with van der Waals surface area (Å²) >= 11 is 3.49. The quantitative estimate of drug-likeness (QED) is 0.763. The zero-order valence-electron chi connectivity index (χ0n) is 12.9. The van der Waals surface area contributed by atoms with Gasteiger partial charge in [0.2, 0.25) is 5.91 Å². The lowest BCUT2D eigenvalue weighted by Gasteiger charge is -2.19. The Morgan fingerprint density at radius 2 is 2.05 bits per heavy atom. The van der Waals surface area contributed by atoms with E-state index in [1.165, 1.54) is 5.56 Å². The van der Waals surface area contributed by atoms with Crippen LogP contribution in [0.3, 0.4) is 0 Å². The highest BCUT2D eigenvalue weighted by Crippen LogP contribution is 2.16. The van der Waals surface area contributed by atoms with Crippen LogP contribution in [0.15, 0.2) is 28.7 Å². The van der Waals surface area contributed by atoms with Crippen LogP contribution in [0, 0.1) is 11.8 Å². The van der Waals surface area contributed by atoms with Crippen molar-refractivity contribution in [3.05, 3.63) is 34.3 Å². The molecular formula is C16H26BrClN2O. The molecule has 0 heterocycles. The molecule has 0 aliphatic rings. The van der Waals surface area contributed by atoms with Gasteiger partial charge in [0.15, 0.2) is 0 Å². The Balaban J connectivity index is 0.00000400. The normalized spacial score (nSPS) is 14.7. The molecule has 3 unspecified atom stereocenters. The Labute approximate surface area is 142 Å². The van der Waals surface area contributed by atoms with Gasteiger partial charge >= 0.3 is 0 Å². The van der Waals surface area contributed by atoms with E-state index in [1.807, 2.05) is 26.0 Å². The number of halogens is 2. The van der Waals surface area contributed by atoms with Crippen LogP contribution in [-0.4, -0.2) is 18.5 Å². The molecule has 0 spiro atoms. The molecule has 3 atom stereocenters. The predicted octanol–water partition coefficient (Wildman–Crippen LogP) is 3.54. The number of hydrogen-bond donors (Lipinski definition) is 2. The van der Waals surface area contributed by atoms with Crippen molar-refractivity contribution >= 4 is 34.2 Å². The van der Waals surface area contributed by atoms with Crippen LogP contribution in [0.4, 0.5) is 0 Å². The second kappa shape index (κ2) is 10.2. The topological polar surface area (TPSA) is 55.1 Å². The van der Waals surface area contributed by atoms with Crippen molar-refractivity contribution < 1.29 is 4.79 Å². The SMILES string of the molecule is CCC(CNC(=O)C(C)C(C)N)Cc1cccc(Br)c1.Cl. The van der Waals surface area contributed by atoms with Gasteiger partial charge in [-0.3, -0.25) is 4.79 Å². The zero-order chi connectivity index (χ0) is 15.1. The minimum absolute atomic E-state index is 0. The van der Waals surface area contributed by atoms with Crippen LogP contribution < -0.4 is 11.1 Å². The fourth-order valence-corrected chi connectivity index (χ4v) is 2.45. The first kappa shape index (κ1) is 20.4. The zero-order valence-corrected chi connectivity index (χ0v) is 15.3. The predicted molar refractivity (Wildman–Crippen MR) is 94.7 cm³/mol. The molecule has 0 aromatic heterocycles. The Kier molecular flexibility index (Phi) is 9.92. The number of hydrogen-bond acceptors (Lipinski definition) is 2. The average molecular weight is 378 g/mol. The van der Waals surface area contributed by atoms with Gasteiger partial charge in [0.05, 0.1) is 0 Å². The van der Waals surface area contributed by atoms with Gasteiger partial charge in [-0.1, -0.05) is 48.3 Å². The first-order chi connectivity index (χ1) is 9.43. The maximum Gasteiger partial charge on any atom is 0.224 e. The van der Waals surface area contributed by atoms with Gasteiger partial charge in [0.25, 0.3) is 0 Å². The maximum atomic E-state index is 11.9. The second-order valence-electron chi connectivity index (χ2n) is 5.50. The van der Waals surface area contributed by atoms with Gasteiger partial charge in [-0.25, -0.2) is 0 Å². The molecule has 3 nitrogen and oxygen atoms in total. The number of benzene rings is 1. The molecular weight excluding hydrogens is 352 g/mol. The summed E-state index contributed by atoms with van der Waals surface area (Å²) in [6.07, 6.45) is 2.02. The van der Waals surface area contributed by atoms with Crippen molar-refractivity contribution in [2.45, 2.75) is 39.7 Å². The van der Waals surface area contributed by atoms with Crippen molar-refractivity contribution in [2.75, 3.05) is 6.54 Å². The van der Waals surface area contributed by atoms with E-state index in [0.717, 1.165) is 17.3 Å². The van der Waals surface area contributed by atoms with E-state index in [4.69, 9.17) is 5.73 Å². The maximum absolute atomic E-state index is 11.9. The third-order valence-electron chi connectivity index (χ3n) is 3.76. The summed E-state index contributed by atoms with van der Waals surface area (Å²) in [5, 5.41) is 3.02. The van der Waals surface area contributed by atoms with Crippen molar-refractivity contribution in [2.24, 2.45) is 17.6 Å². The number of nitrogens with one attached hydrogen (secondary N) is 1. The molecule has 1 rings (SSSR count). The van der Waals surface area contributed by atoms with E-state index in [0.29, 0.717) is 12.5 Å². The molecule has 1 aromatic rings. The summed E-state index contributed by atoms with van der Waals surface area (Å²) in [5.74, 6) is 0.361.